The van der Waals surface area contributed by atoms with Crippen molar-refractivity contribution >= 4 is 16.8 Å². The van der Waals surface area contributed by atoms with Crippen LogP contribution in [0.5, 0.6) is 0 Å². The molecule has 0 unspecified atom stereocenters. The van der Waals surface area contributed by atoms with Crippen molar-refractivity contribution in [1.29, 1.82) is 0 Å². The summed E-state index contributed by atoms with van der Waals surface area (Å²) in [6.07, 6.45) is 2.32. The van der Waals surface area contributed by atoms with Crippen LogP contribution in [0.1, 0.15) is 29.4 Å². The number of aromatic amines is 3. The molecule has 0 saturated carbocycles. The van der Waals surface area contributed by atoms with Gasteiger partial charge in [0.1, 0.15) is 5.69 Å². The van der Waals surface area contributed by atoms with E-state index in [2.05, 4.69) is 15.0 Å². The highest BCUT2D eigenvalue weighted by Crippen LogP contribution is 2.21. The molecule has 134 valence electrons. The van der Waals surface area contributed by atoms with Crippen molar-refractivity contribution in [3.05, 3.63) is 67.5 Å². The number of H-pyrrole nitrogens is 3. The number of hydrogen-bond acceptors (Lipinski definition) is 4. The smallest absolute Gasteiger partial charge is 0.329 e. The second kappa shape index (κ2) is 6.17. The van der Waals surface area contributed by atoms with E-state index in [0.29, 0.717) is 36.8 Å². The lowest BCUT2D eigenvalue weighted by molar-refractivity contribution is 0.0686. The van der Waals surface area contributed by atoms with E-state index in [1.54, 1.807) is 29.2 Å². The van der Waals surface area contributed by atoms with Crippen molar-refractivity contribution in [2.75, 3.05) is 13.1 Å². The number of amides is 1. The van der Waals surface area contributed by atoms with Crippen LogP contribution in [-0.2, 0) is 0 Å². The summed E-state index contributed by atoms with van der Waals surface area (Å²) in [4.78, 5) is 57.8. The summed E-state index contributed by atoms with van der Waals surface area (Å²) >= 11 is 0. The van der Waals surface area contributed by atoms with Crippen molar-refractivity contribution in [1.82, 2.24) is 24.4 Å². The molecule has 0 radical (unpaired) electrons. The second-order valence-electron chi connectivity index (χ2n) is 6.33. The Hall–Kier alpha value is -3.36. The van der Waals surface area contributed by atoms with Gasteiger partial charge in [-0.3, -0.25) is 14.2 Å². The van der Waals surface area contributed by atoms with Crippen LogP contribution in [0.15, 0.2) is 44.8 Å². The normalized spacial score (nSPS) is 15.5. The van der Waals surface area contributed by atoms with Gasteiger partial charge < -0.3 is 19.9 Å². The molecule has 1 aliphatic rings. The zero-order valence-electron chi connectivity index (χ0n) is 13.8. The summed E-state index contributed by atoms with van der Waals surface area (Å²) in [5, 5.41) is 0.468. The van der Waals surface area contributed by atoms with Crippen LogP contribution < -0.4 is 16.9 Å². The molecule has 0 atom stereocenters. The lowest BCUT2D eigenvalue weighted by atomic mass is 10.0. The molecule has 9 heteroatoms. The van der Waals surface area contributed by atoms with Crippen molar-refractivity contribution in [2.24, 2.45) is 0 Å². The van der Waals surface area contributed by atoms with Gasteiger partial charge in [0.15, 0.2) is 0 Å². The maximum Gasteiger partial charge on any atom is 0.329 e. The molecule has 0 spiro atoms. The van der Waals surface area contributed by atoms with Gasteiger partial charge >= 0.3 is 11.4 Å². The standard InChI is InChI=1S/C17H17N5O4/c23-14-11-3-1-2-4-12(11)20-17(26)22(14)10-5-7-21(8-6-10)15(24)13-9-18-16(25)19-13/h1-4,9-10H,5-8H2,(H,20,26)(H2,18,19,25). The highest BCUT2D eigenvalue weighted by atomic mass is 16.2. The lowest BCUT2D eigenvalue weighted by Crippen LogP contribution is -2.45. The molecule has 1 aliphatic heterocycles. The highest BCUT2D eigenvalue weighted by Gasteiger charge is 2.27. The van der Waals surface area contributed by atoms with Gasteiger partial charge in [-0.05, 0) is 25.0 Å². The fourth-order valence-corrected chi connectivity index (χ4v) is 3.45. The molecule has 2 aromatic heterocycles. The molecule has 0 bridgehead atoms. The zero-order valence-corrected chi connectivity index (χ0v) is 13.8. The monoisotopic (exact) mass is 355 g/mol. The van der Waals surface area contributed by atoms with Crippen LogP contribution in [0.25, 0.3) is 10.9 Å². The Morgan fingerprint density at radius 3 is 2.46 bits per heavy atom. The summed E-state index contributed by atoms with van der Waals surface area (Å²) < 4.78 is 1.25. The minimum absolute atomic E-state index is 0.203. The average molecular weight is 355 g/mol. The Labute approximate surface area is 146 Å². The number of aromatic nitrogens is 4. The lowest BCUT2D eigenvalue weighted by Gasteiger charge is -2.32. The quantitative estimate of drug-likeness (QED) is 0.607. The van der Waals surface area contributed by atoms with E-state index < -0.39 is 11.4 Å². The molecule has 1 aromatic carbocycles. The van der Waals surface area contributed by atoms with Crippen LogP contribution in [0.4, 0.5) is 0 Å². The minimum Gasteiger partial charge on any atom is -0.337 e. The number of nitrogens with zero attached hydrogens (tertiary/aromatic N) is 2. The molecule has 1 amide bonds. The van der Waals surface area contributed by atoms with Gasteiger partial charge in [0.2, 0.25) is 0 Å². The van der Waals surface area contributed by atoms with E-state index in [4.69, 9.17) is 0 Å². The molecule has 3 N–H and O–H groups in total. The number of benzene rings is 1. The van der Waals surface area contributed by atoms with E-state index >= 15 is 0 Å². The Bertz CT molecular complexity index is 1140. The van der Waals surface area contributed by atoms with E-state index in [9.17, 15) is 19.2 Å². The number of piperidine rings is 1. The number of carbonyl (C=O) groups is 1. The van der Waals surface area contributed by atoms with Gasteiger partial charge in [0, 0.05) is 25.3 Å². The fraction of sp³-hybridized carbons (Fsp3) is 0.294. The Kier molecular flexibility index (Phi) is 3.83. The number of rotatable bonds is 2. The minimum atomic E-state index is -0.437. The van der Waals surface area contributed by atoms with Gasteiger partial charge in [0.05, 0.1) is 10.9 Å². The summed E-state index contributed by atoms with van der Waals surface area (Å²) in [7, 11) is 0. The third kappa shape index (κ3) is 2.67. The van der Waals surface area contributed by atoms with Crippen molar-refractivity contribution in [3.8, 4) is 0 Å². The molecule has 26 heavy (non-hydrogen) atoms. The van der Waals surface area contributed by atoms with Crippen molar-refractivity contribution in [3.63, 3.8) is 0 Å². The van der Waals surface area contributed by atoms with Gasteiger partial charge in [-0.2, -0.15) is 0 Å². The van der Waals surface area contributed by atoms with Crippen molar-refractivity contribution < 1.29 is 4.79 Å². The zero-order chi connectivity index (χ0) is 18.3. The number of carbonyl (C=O) groups excluding carboxylic acids is 1. The number of hydrogen-bond donors (Lipinski definition) is 3. The van der Waals surface area contributed by atoms with E-state index in [-0.39, 0.29) is 23.2 Å². The molecule has 4 rings (SSSR count). The number of fused-ring (bicyclic) bond motifs is 1. The first-order valence-corrected chi connectivity index (χ1v) is 8.35. The van der Waals surface area contributed by atoms with Crippen molar-refractivity contribution in [2.45, 2.75) is 18.9 Å². The van der Waals surface area contributed by atoms with Gasteiger partial charge in [-0.1, -0.05) is 12.1 Å². The summed E-state index contributed by atoms with van der Waals surface area (Å²) in [6, 6.07) is 6.63. The molecule has 3 heterocycles. The molecular weight excluding hydrogens is 338 g/mol. The summed E-state index contributed by atoms with van der Waals surface area (Å²) in [5.41, 5.74) is -0.466. The summed E-state index contributed by atoms with van der Waals surface area (Å²) in [6.45, 7) is 0.796. The van der Waals surface area contributed by atoms with E-state index in [1.807, 2.05) is 0 Å². The molecule has 3 aromatic rings. The predicted molar refractivity (Wildman–Crippen MR) is 94.4 cm³/mol. The topological polar surface area (TPSA) is 124 Å². The van der Waals surface area contributed by atoms with Crippen LogP contribution in [0.2, 0.25) is 0 Å². The third-order valence-electron chi connectivity index (χ3n) is 4.78. The second-order valence-corrected chi connectivity index (χ2v) is 6.33. The largest absolute Gasteiger partial charge is 0.337 e. The SMILES string of the molecule is O=C(c1c[nH]c(=O)[nH]1)N1CCC(n2c(=O)[nH]c3ccccc3c2=O)CC1. The maximum absolute atomic E-state index is 12.7. The van der Waals surface area contributed by atoms with Crippen LogP contribution in [0, 0.1) is 0 Å². The highest BCUT2D eigenvalue weighted by molar-refractivity contribution is 5.92. The maximum atomic E-state index is 12.7. The van der Waals surface area contributed by atoms with Crippen LogP contribution in [-0.4, -0.2) is 43.4 Å². The molecule has 1 saturated heterocycles. The average Bonchev–Trinajstić information content (AvgIpc) is 3.08. The number of nitrogens with one attached hydrogen (secondary N) is 3. The van der Waals surface area contributed by atoms with Crippen LogP contribution >= 0.6 is 0 Å². The summed E-state index contributed by atoms with van der Waals surface area (Å²) in [5.74, 6) is -0.276. The first-order valence-electron chi connectivity index (χ1n) is 8.35. The van der Waals surface area contributed by atoms with Gasteiger partial charge in [-0.25, -0.2) is 9.59 Å². The Morgan fingerprint density at radius 1 is 1.04 bits per heavy atom. The van der Waals surface area contributed by atoms with Gasteiger partial charge in [-0.15, -0.1) is 0 Å². The molecule has 0 aliphatic carbocycles. The fourth-order valence-electron chi connectivity index (χ4n) is 3.45. The van der Waals surface area contributed by atoms with E-state index in [1.165, 1.54) is 10.8 Å². The molecule has 1 fully saturated rings. The number of imidazole rings is 1. The van der Waals surface area contributed by atoms with Gasteiger partial charge in [0.25, 0.3) is 11.5 Å². The molecular formula is C17H17N5O4. The first kappa shape index (κ1) is 16.1. The third-order valence-corrected chi connectivity index (χ3v) is 4.78. The first-order chi connectivity index (χ1) is 12.5. The molecule has 9 nitrogen and oxygen atoms in total. The Morgan fingerprint density at radius 2 is 1.77 bits per heavy atom. The Balaban J connectivity index is 1.58. The number of para-hydroxylation sites is 1. The number of likely N-dealkylation sites (tertiary alicyclic amines) is 1. The van der Waals surface area contributed by atoms with E-state index in [0.717, 1.165) is 0 Å². The van der Waals surface area contributed by atoms with Crippen LogP contribution in [0.3, 0.4) is 0 Å². The predicted octanol–water partition coefficient (Wildman–Crippen LogP) is 0.183.